The van der Waals surface area contributed by atoms with Gasteiger partial charge in [0, 0.05) is 54.5 Å². The largest absolute Gasteiger partial charge is 0.489 e. The normalized spacial score (nSPS) is 14.8. The van der Waals surface area contributed by atoms with Gasteiger partial charge in [-0.1, -0.05) is 29.6 Å². The van der Waals surface area contributed by atoms with Crippen LogP contribution >= 0.6 is 23.2 Å². The molecule has 204 valence electrons. The monoisotopic (exact) mass is 564 g/mol. The van der Waals surface area contributed by atoms with Crippen LogP contribution in [-0.4, -0.2) is 50.5 Å². The summed E-state index contributed by atoms with van der Waals surface area (Å²) in [6.45, 7) is 2.11. The van der Waals surface area contributed by atoms with Gasteiger partial charge in [0.25, 0.3) is 0 Å². The number of halogens is 3. The summed E-state index contributed by atoms with van der Waals surface area (Å²) in [5.41, 5.74) is 9.83. The highest BCUT2D eigenvalue weighted by molar-refractivity contribution is 6.36. The quantitative estimate of drug-likeness (QED) is 0.165. The minimum absolute atomic E-state index is 0.00577. The lowest BCUT2D eigenvalue weighted by Crippen LogP contribution is -2.37. The number of rotatable bonds is 11. The zero-order valence-corrected chi connectivity index (χ0v) is 22.4. The predicted molar refractivity (Wildman–Crippen MR) is 144 cm³/mol. The molecule has 4 rings (SSSR count). The zero-order chi connectivity index (χ0) is 27.1. The van der Waals surface area contributed by atoms with Gasteiger partial charge in [0.2, 0.25) is 5.91 Å². The first-order chi connectivity index (χ1) is 18.4. The van der Waals surface area contributed by atoms with Crippen molar-refractivity contribution in [2.75, 3.05) is 25.4 Å². The second kappa shape index (κ2) is 13.2. The van der Waals surface area contributed by atoms with Crippen molar-refractivity contribution in [3.8, 4) is 16.9 Å². The highest BCUT2D eigenvalue weighted by Gasteiger charge is 2.23. The first-order valence-corrected chi connectivity index (χ1v) is 13.3. The van der Waals surface area contributed by atoms with Crippen LogP contribution in [0.3, 0.4) is 0 Å². The molecular formula is C26H31Cl2FN6O3. The lowest BCUT2D eigenvalue weighted by molar-refractivity contribution is -0.129. The van der Waals surface area contributed by atoms with Gasteiger partial charge in [-0.15, -0.1) is 0 Å². The van der Waals surface area contributed by atoms with Crippen LogP contribution in [0.5, 0.6) is 5.75 Å². The Bertz CT molecular complexity index is 1250. The van der Waals surface area contributed by atoms with E-state index in [1.165, 1.54) is 18.6 Å². The third-order valence-corrected chi connectivity index (χ3v) is 7.44. The minimum Gasteiger partial charge on any atom is -0.489 e. The molecule has 38 heavy (non-hydrogen) atoms. The fraction of sp³-hybridized carbons (Fsp3) is 0.423. The minimum atomic E-state index is -0.536. The number of carbonyl (C=O) groups excluding carboxylic acids is 1. The van der Waals surface area contributed by atoms with Crippen LogP contribution in [0.25, 0.3) is 11.1 Å². The standard InChI is InChI=1S/C26H31Cl2FN6O3/c27-20-7-8-21(29)25(28)19(20)9-12-38-22-13-17(14-31-26(22)30)18-15-32-35(16-18)24(6-4-5-23(36)33-37)34-10-2-1-3-11-34/h7-8,13-16,24,37H,1-6,9-12H2,(H2,30,31)(H,33,36). The van der Waals surface area contributed by atoms with E-state index < -0.39 is 11.7 Å². The number of nitrogen functional groups attached to an aromatic ring is 1. The van der Waals surface area contributed by atoms with Crippen LogP contribution in [0, 0.1) is 5.82 Å². The van der Waals surface area contributed by atoms with Crippen LogP contribution in [0.4, 0.5) is 10.2 Å². The molecule has 4 N–H and O–H groups in total. The van der Waals surface area contributed by atoms with Gasteiger partial charge in [0.1, 0.15) is 12.0 Å². The summed E-state index contributed by atoms with van der Waals surface area (Å²) in [5.74, 6) is -0.316. The van der Waals surface area contributed by atoms with Crippen molar-refractivity contribution in [2.24, 2.45) is 0 Å². The van der Waals surface area contributed by atoms with E-state index >= 15 is 0 Å². The molecular weight excluding hydrogens is 534 g/mol. The summed E-state index contributed by atoms with van der Waals surface area (Å²) in [5, 5.41) is 13.8. The Morgan fingerprint density at radius 3 is 2.76 bits per heavy atom. The molecule has 1 atom stereocenters. The lowest BCUT2D eigenvalue weighted by Gasteiger charge is -2.34. The number of carbonyl (C=O) groups is 1. The number of nitrogens with zero attached hydrogens (tertiary/aromatic N) is 4. The molecule has 3 aromatic rings. The van der Waals surface area contributed by atoms with E-state index in [2.05, 4.69) is 15.0 Å². The van der Waals surface area contributed by atoms with E-state index in [-0.39, 0.29) is 30.0 Å². The van der Waals surface area contributed by atoms with Crippen molar-refractivity contribution in [1.29, 1.82) is 0 Å². The number of benzene rings is 1. The van der Waals surface area contributed by atoms with Gasteiger partial charge in [-0.2, -0.15) is 5.10 Å². The summed E-state index contributed by atoms with van der Waals surface area (Å²) in [4.78, 5) is 18.2. The fourth-order valence-corrected chi connectivity index (χ4v) is 5.20. The zero-order valence-electron chi connectivity index (χ0n) is 20.9. The van der Waals surface area contributed by atoms with E-state index in [0.29, 0.717) is 35.6 Å². The average molecular weight is 565 g/mol. The Labute approximate surface area is 230 Å². The average Bonchev–Trinajstić information content (AvgIpc) is 3.42. The summed E-state index contributed by atoms with van der Waals surface area (Å²) in [6, 6.07) is 4.48. The van der Waals surface area contributed by atoms with E-state index in [9.17, 15) is 9.18 Å². The Kier molecular flexibility index (Phi) is 9.79. The number of piperidine rings is 1. The van der Waals surface area contributed by atoms with Crippen LogP contribution in [-0.2, 0) is 11.2 Å². The molecule has 1 saturated heterocycles. The Balaban J connectivity index is 1.47. The van der Waals surface area contributed by atoms with Crippen LogP contribution in [0.15, 0.2) is 36.8 Å². The molecule has 1 fully saturated rings. The summed E-state index contributed by atoms with van der Waals surface area (Å²) >= 11 is 12.2. The van der Waals surface area contributed by atoms with Gasteiger partial charge >= 0.3 is 0 Å². The molecule has 0 spiro atoms. The number of ether oxygens (including phenoxy) is 1. The second-order valence-electron chi connectivity index (χ2n) is 9.24. The molecule has 1 aromatic carbocycles. The van der Waals surface area contributed by atoms with Crippen molar-refractivity contribution in [2.45, 2.75) is 51.1 Å². The van der Waals surface area contributed by atoms with Crippen molar-refractivity contribution in [1.82, 2.24) is 25.1 Å². The maximum Gasteiger partial charge on any atom is 0.243 e. The summed E-state index contributed by atoms with van der Waals surface area (Å²) < 4.78 is 21.6. The van der Waals surface area contributed by atoms with Gasteiger partial charge in [-0.05, 0) is 49.4 Å². The Morgan fingerprint density at radius 2 is 2.00 bits per heavy atom. The van der Waals surface area contributed by atoms with Crippen LogP contribution < -0.4 is 16.0 Å². The molecule has 1 aliphatic heterocycles. The lowest BCUT2D eigenvalue weighted by atomic mass is 10.1. The topological polar surface area (TPSA) is 119 Å². The molecule has 9 nitrogen and oxygen atoms in total. The summed E-state index contributed by atoms with van der Waals surface area (Å²) in [7, 11) is 0. The highest BCUT2D eigenvalue weighted by Crippen LogP contribution is 2.31. The SMILES string of the molecule is Nc1ncc(-c2cnn(C(CCCC(=O)NO)N3CCCCC3)c2)cc1OCCc1c(Cl)ccc(F)c1Cl. The first kappa shape index (κ1) is 28.1. The molecule has 2 aromatic heterocycles. The van der Waals surface area contributed by atoms with Gasteiger partial charge in [0.05, 0.1) is 17.8 Å². The number of nitrogens with two attached hydrogens (primary N) is 1. The third kappa shape index (κ3) is 6.93. The maximum atomic E-state index is 13.8. The van der Waals surface area contributed by atoms with E-state index in [1.807, 2.05) is 10.9 Å². The number of hydrogen-bond donors (Lipinski definition) is 3. The van der Waals surface area contributed by atoms with Crippen LogP contribution in [0.2, 0.25) is 10.0 Å². The summed E-state index contributed by atoms with van der Waals surface area (Å²) in [6.07, 6.45) is 10.7. The molecule has 0 bridgehead atoms. The van der Waals surface area contributed by atoms with E-state index in [4.69, 9.17) is 38.9 Å². The Hall–Kier alpha value is -2.92. The number of amides is 1. The van der Waals surface area contributed by atoms with Crippen molar-refractivity contribution < 1.29 is 19.1 Å². The maximum absolute atomic E-state index is 13.8. The smallest absolute Gasteiger partial charge is 0.243 e. The third-order valence-electron chi connectivity index (χ3n) is 6.67. The molecule has 1 amide bonds. The highest BCUT2D eigenvalue weighted by atomic mass is 35.5. The van der Waals surface area contributed by atoms with Gasteiger partial charge in [-0.3, -0.25) is 19.6 Å². The molecule has 1 unspecified atom stereocenters. The van der Waals surface area contributed by atoms with Crippen molar-refractivity contribution in [3.05, 3.63) is 58.2 Å². The molecule has 0 radical (unpaired) electrons. The number of pyridine rings is 1. The number of hydroxylamine groups is 1. The van der Waals surface area contributed by atoms with Crippen LogP contribution in [0.1, 0.15) is 50.3 Å². The number of likely N-dealkylation sites (tertiary alicyclic amines) is 1. The fourth-order valence-electron chi connectivity index (χ4n) is 4.64. The number of anilines is 1. The van der Waals surface area contributed by atoms with E-state index in [0.717, 1.165) is 37.1 Å². The number of aromatic nitrogens is 3. The van der Waals surface area contributed by atoms with Crippen molar-refractivity contribution >= 4 is 34.9 Å². The number of nitrogens with one attached hydrogen (secondary N) is 1. The van der Waals surface area contributed by atoms with Gasteiger partial charge in [-0.25, -0.2) is 14.9 Å². The molecule has 1 aliphatic rings. The molecule has 3 heterocycles. The molecule has 0 aliphatic carbocycles. The molecule has 12 heteroatoms. The van der Waals surface area contributed by atoms with E-state index in [1.54, 1.807) is 23.9 Å². The Morgan fingerprint density at radius 1 is 1.21 bits per heavy atom. The van der Waals surface area contributed by atoms with Crippen molar-refractivity contribution in [3.63, 3.8) is 0 Å². The molecule has 0 saturated carbocycles. The predicted octanol–water partition coefficient (Wildman–Crippen LogP) is 5.25. The first-order valence-electron chi connectivity index (χ1n) is 12.6. The van der Waals surface area contributed by atoms with Gasteiger partial charge in [0.15, 0.2) is 11.6 Å². The van der Waals surface area contributed by atoms with Gasteiger partial charge < -0.3 is 10.5 Å². The number of hydrogen-bond acceptors (Lipinski definition) is 7. The second-order valence-corrected chi connectivity index (χ2v) is 10.0.